The highest BCUT2D eigenvalue weighted by Gasteiger charge is 2.32. The molecule has 4 saturated carbocycles. The first-order chi connectivity index (χ1) is 44.8. The van der Waals surface area contributed by atoms with Crippen LogP contribution in [0.4, 0.5) is 0 Å². The van der Waals surface area contributed by atoms with Gasteiger partial charge in [-0.15, -0.1) is 0 Å². The molecule has 4 aliphatic rings. The molecule has 31 heteroatoms. The van der Waals surface area contributed by atoms with Crippen molar-refractivity contribution in [1.82, 2.24) is 84.3 Å². The Morgan fingerprint density at radius 3 is 1.32 bits per heavy atom. The van der Waals surface area contributed by atoms with Crippen LogP contribution in [0.2, 0.25) is 5.28 Å². The Bertz CT molecular complexity index is 4120. The van der Waals surface area contributed by atoms with Gasteiger partial charge >= 0.3 is 25.6 Å². The molecule has 9 aromatic rings. The molecule has 5 N–H and O–H groups in total. The SMILES string of the molecule is CCOC(=O)c1cc(C)nn1-c1ccnc(C2CC2)n1.CCOC(=O)c1cc(C)nn1-c1ccnc(Cl)n1.Cc1cc(C(=O)NC(Cc2ccccc2)C(=O)C(N)=O)n(-c2ccnc(C3CC3)n2)n1.Cc1cc(C(=O)O)n(-c2ccnc(C3CC3)n2)n1.O[B]OC1CC1. The molecule has 29 nitrogen and oxygen atoms in total. The van der Waals surface area contributed by atoms with Gasteiger partial charge in [0.05, 0.1) is 36.0 Å². The number of halogens is 1. The van der Waals surface area contributed by atoms with Crippen LogP contribution in [0.3, 0.4) is 0 Å². The molecule has 13 rings (SSSR count). The minimum atomic E-state index is -1.10. The average molecular weight is 1290 g/mol. The number of carbonyl (C=O) groups is 6. The van der Waals surface area contributed by atoms with E-state index in [0.29, 0.717) is 88.8 Å². The molecule has 93 heavy (non-hydrogen) atoms. The highest BCUT2D eigenvalue weighted by atomic mass is 35.5. The number of rotatable bonds is 20. The summed E-state index contributed by atoms with van der Waals surface area (Å²) < 4.78 is 20.3. The van der Waals surface area contributed by atoms with Gasteiger partial charge in [0.1, 0.15) is 29.2 Å². The second kappa shape index (κ2) is 31.1. The minimum absolute atomic E-state index is 0.0930. The van der Waals surface area contributed by atoms with Crippen LogP contribution in [0.5, 0.6) is 0 Å². The summed E-state index contributed by atoms with van der Waals surface area (Å²) >= 11 is 5.72. The topological polar surface area (TPSA) is 383 Å². The lowest BCUT2D eigenvalue weighted by Crippen LogP contribution is -2.47. The summed E-state index contributed by atoms with van der Waals surface area (Å²) in [5.74, 6) is 1.19. The van der Waals surface area contributed by atoms with Crippen molar-refractivity contribution in [3.05, 3.63) is 178 Å². The van der Waals surface area contributed by atoms with Gasteiger partial charge in [0.25, 0.3) is 11.8 Å². The lowest BCUT2D eigenvalue weighted by Gasteiger charge is -2.17. The number of aromatic carboxylic acids is 1. The molecule has 4 aliphatic carbocycles. The number of carboxylic acids is 1. The fraction of sp³-hybridized carbons (Fsp3) is 0.355. The van der Waals surface area contributed by atoms with Crippen LogP contribution in [0.15, 0.2) is 104 Å². The zero-order valence-corrected chi connectivity index (χ0v) is 52.5. The Morgan fingerprint density at radius 2 is 0.957 bits per heavy atom. The second-order valence-corrected chi connectivity index (χ2v) is 22.1. The summed E-state index contributed by atoms with van der Waals surface area (Å²) in [7, 11) is 0.762. The number of benzene rings is 1. The average Bonchev–Trinajstić information content (AvgIpc) is 1.73. The first-order valence-corrected chi connectivity index (χ1v) is 30.3. The molecule has 0 bridgehead atoms. The molecule has 0 aliphatic heterocycles. The van der Waals surface area contributed by atoms with Crippen molar-refractivity contribution in [1.29, 1.82) is 0 Å². The van der Waals surface area contributed by atoms with Gasteiger partial charge in [-0.3, -0.25) is 14.4 Å². The quantitative estimate of drug-likeness (QED) is 0.0281. The zero-order chi connectivity index (χ0) is 66.3. The Kier molecular flexibility index (Phi) is 22.5. The summed E-state index contributed by atoms with van der Waals surface area (Å²) in [6.07, 6.45) is 15.8. The minimum Gasteiger partial charge on any atom is -0.477 e. The predicted molar refractivity (Wildman–Crippen MR) is 333 cm³/mol. The lowest BCUT2D eigenvalue weighted by atomic mass is 10.0. The van der Waals surface area contributed by atoms with E-state index in [0.717, 1.165) is 87.8 Å². The van der Waals surface area contributed by atoms with Gasteiger partial charge < -0.3 is 35.3 Å². The van der Waals surface area contributed by atoms with Crippen LogP contribution < -0.4 is 11.1 Å². The molecule has 1 radical (unpaired) electrons. The third kappa shape index (κ3) is 18.7. The van der Waals surface area contributed by atoms with Crippen LogP contribution in [-0.2, 0) is 30.1 Å². The molecule has 2 amide bonds. The van der Waals surface area contributed by atoms with Crippen LogP contribution in [0, 0.1) is 27.7 Å². The van der Waals surface area contributed by atoms with Crippen LogP contribution in [0.1, 0.15) is 171 Å². The van der Waals surface area contributed by atoms with Gasteiger partial charge in [-0.25, -0.2) is 68.0 Å². The Labute approximate surface area is 538 Å². The number of nitrogens with two attached hydrogens (primary N) is 1. The summed E-state index contributed by atoms with van der Waals surface area (Å²) in [5, 5.41) is 36.9. The number of ether oxygens (including phenoxy) is 2. The molecule has 481 valence electrons. The van der Waals surface area contributed by atoms with Gasteiger partial charge in [0.15, 0.2) is 40.4 Å². The molecule has 1 aromatic carbocycles. The van der Waals surface area contributed by atoms with E-state index >= 15 is 0 Å². The van der Waals surface area contributed by atoms with Crippen molar-refractivity contribution in [2.24, 2.45) is 5.73 Å². The molecule has 1 atom stereocenters. The van der Waals surface area contributed by atoms with Crippen molar-refractivity contribution >= 4 is 54.8 Å². The molecular formula is C62H67BClN18O11. The normalized spacial score (nSPS) is 14.0. The highest BCUT2D eigenvalue weighted by molar-refractivity contribution is 6.38. The third-order valence-corrected chi connectivity index (χ3v) is 14.1. The summed E-state index contributed by atoms with van der Waals surface area (Å²) in [6.45, 7) is 11.3. The number of ketones is 1. The summed E-state index contributed by atoms with van der Waals surface area (Å²) in [5.41, 5.74) is 9.72. The largest absolute Gasteiger partial charge is 0.485 e. The number of aromatic nitrogens is 16. The van der Waals surface area contributed by atoms with E-state index in [1.807, 2.05) is 37.3 Å². The van der Waals surface area contributed by atoms with E-state index in [-0.39, 0.29) is 29.1 Å². The van der Waals surface area contributed by atoms with E-state index in [2.05, 4.69) is 70.2 Å². The van der Waals surface area contributed by atoms with Crippen molar-refractivity contribution in [3.63, 3.8) is 0 Å². The third-order valence-electron chi connectivity index (χ3n) is 14.0. The molecule has 8 heterocycles. The fourth-order valence-corrected chi connectivity index (χ4v) is 9.11. The highest BCUT2D eigenvalue weighted by Crippen LogP contribution is 2.39. The number of hydrogen-bond donors (Lipinski definition) is 4. The molecule has 0 spiro atoms. The number of carbonyl (C=O) groups excluding carboxylic acids is 5. The molecular weight excluding hydrogens is 1220 g/mol. The predicted octanol–water partition coefficient (Wildman–Crippen LogP) is 6.31. The van der Waals surface area contributed by atoms with Crippen LogP contribution in [-0.4, -0.2) is 158 Å². The van der Waals surface area contributed by atoms with Crippen LogP contribution >= 0.6 is 11.6 Å². The lowest BCUT2D eigenvalue weighted by molar-refractivity contribution is -0.137. The Balaban J connectivity index is 0.000000145. The van der Waals surface area contributed by atoms with E-state index in [9.17, 15) is 28.8 Å². The van der Waals surface area contributed by atoms with Crippen molar-refractivity contribution in [2.45, 2.75) is 129 Å². The van der Waals surface area contributed by atoms with E-state index in [1.54, 1.807) is 95.7 Å². The Hall–Kier alpha value is -10.3. The van der Waals surface area contributed by atoms with Gasteiger partial charge in [0, 0.05) is 79.3 Å². The second-order valence-electron chi connectivity index (χ2n) is 21.8. The first kappa shape index (κ1) is 67.1. The molecule has 1 unspecified atom stereocenters. The van der Waals surface area contributed by atoms with Gasteiger partial charge in [-0.05, 0) is 134 Å². The van der Waals surface area contributed by atoms with Gasteiger partial charge in [-0.2, -0.15) is 25.4 Å². The summed E-state index contributed by atoms with van der Waals surface area (Å²) in [6, 6.07) is 21.2. The number of carboxylic acid groups (broad SMARTS) is 1. The first-order valence-electron chi connectivity index (χ1n) is 29.9. The monoisotopic (exact) mass is 1290 g/mol. The number of esters is 2. The van der Waals surface area contributed by atoms with Crippen LogP contribution in [0.25, 0.3) is 23.3 Å². The number of Topliss-reactive ketones (excluding diaryl/α,β-unsaturated/α-hetero) is 1. The zero-order valence-electron chi connectivity index (χ0n) is 51.7. The number of amides is 2. The van der Waals surface area contributed by atoms with E-state index in [1.165, 1.54) is 31.0 Å². The van der Waals surface area contributed by atoms with E-state index in [4.69, 9.17) is 36.9 Å². The van der Waals surface area contributed by atoms with E-state index < -0.39 is 35.6 Å². The van der Waals surface area contributed by atoms with Crippen molar-refractivity contribution < 1.29 is 53.0 Å². The maximum Gasteiger partial charge on any atom is 0.485 e. The number of nitrogens with one attached hydrogen (secondary N) is 1. The van der Waals surface area contributed by atoms with Crippen molar-refractivity contribution in [3.8, 4) is 23.3 Å². The summed E-state index contributed by atoms with van der Waals surface area (Å²) in [4.78, 5) is 106. The maximum atomic E-state index is 13.1. The number of aryl methyl sites for hydroxylation is 4. The van der Waals surface area contributed by atoms with Gasteiger partial charge in [-0.1, -0.05) is 30.3 Å². The maximum absolute atomic E-state index is 13.1. The fourth-order valence-electron chi connectivity index (χ4n) is 8.97. The number of nitrogens with zero attached hydrogens (tertiary/aromatic N) is 16. The smallest absolute Gasteiger partial charge is 0.477 e. The number of hydrogen-bond acceptors (Lipinski definition) is 22. The standard InChI is InChI=1S/C22H22N6O3.C14H16N4O2.C12H12N4O2.C11H11ClN4O2.C3H6BO2/c1-13-11-17(28(27-13)18-9-10-24-21(26-18)15-7-8-15)22(31)25-16(19(29)20(23)30)12-14-5-3-2-4-6-14;1-3-20-14(19)11-8-9(2)17-18(11)12-6-7-15-13(16-12)10-4-5-10;1-7-6-9(12(17)18)16(15-7)10-4-5-13-11(14-10)8-2-3-8;1-3-18-10(17)8-6-7(2)15-16(8)9-4-5-13-11(12)14-9;5-4-6-3-1-2-3/h2-6,9-11,15-16H,7-8,12H2,1H3,(H2,23,30)(H,25,31);6-8,10H,3-5H2,1-2H3;4-6,8H,2-3H2,1H3,(H,17,18);4-6H,3H2,1-2H3;3,5H,1-2H2. The molecule has 0 saturated heterocycles. The number of primary amides is 1. The molecule has 8 aromatic heterocycles. The van der Waals surface area contributed by atoms with Gasteiger partial charge in [0.2, 0.25) is 11.1 Å². The Morgan fingerprint density at radius 1 is 0.570 bits per heavy atom. The molecule has 4 fully saturated rings. The van der Waals surface area contributed by atoms with Crippen molar-refractivity contribution in [2.75, 3.05) is 13.2 Å².